The van der Waals surface area contributed by atoms with Gasteiger partial charge in [0.15, 0.2) is 0 Å². The highest BCUT2D eigenvalue weighted by atomic mass is 16.6. The van der Waals surface area contributed by atoms with Crippen LogP contribution in [-0.4, -0.2) is 23.6 Å². The molecule has 0 bridgehead atoms. The molecule has 0 aliphatic rings. The molecule has 0 aliphatic heterocycles. The fourth-order valence-corrected chi connectivity index (χ4v) is 2.13. The third-order valence-electron chi connectivity index (χ3n) is 3.34. The number of carbonyl (C=O) groups excluding carboxylic acids is 2. The molecule has 2 aromatic carbocycles. The van der Waals surface area contributed by atoms with E-state index < -0.39 is 17.7 Å². The number of anilines is 3. The normalized spacial score (nSPS) is 12.0. The number of amides is 2. The van der Waals surface area contributed by atoms with Crippen LogP contribution >= 0.6 is 0 Å². The van der Waals surface area contributed by atoms with Crippen molar-refractivity contribution in [1.82, 2.24) is 5.32 Å². The van der Waals surface area contributed by atoms with Crippen LogP contribution in [0.25, 0.3) is 0 Å². The Bertz CT molecular complexity index is 737. The van der Waals surface area contributed by atoms with Gasteiger partial charge in [-0.15, -0.1) is 0 Å². The molecule has 3 N–H and O–H groups in total. The van der Waals surface area contributed by atoms with Crippen molar-refractivity contribution in [3.05, 3.63) is 54.6 Å². The molecule has 2 amide bonds. The second kappa shape index (κ2) is 8.38. The highest BCUT2D eigenvalue weighted by molar-refractivity contribution is 5.96. The lowest BCUT2D eigenvalue weighted by Crippen LogP contribution is -2.43. The van der Waals surface area contributed by atoms with Crippen molar-refractivity contribution >= 4 is 29.1 Å². The molecule has 6 nitrogen and oxygen atoms in total. The number of nitrogens with one attached hydrogen (secondary N) is 3. The summed E-state index contributed by atoms with van der Waals surface area (Å²) in [6.07, 6.45) is -0.623. The van der Waals surface area contributed by atoms with E-state index in [0.29, 0.717) is 5.69 Å². The van der Waals surface area contributed by atoms with Gasteiger partial charge < -0.3 is 20.7 Å². The molecule has 0 saturated heterocycles. The molecule has 0 fully saturated rings. The summed E-state index contributed by atoms with van der Waals surface area (Å²) in [5.74, 6) is -0.320. The van der Waals surface area contributed by atoms with Gasteiger partial charge >= 0.3 is 6.09 Å². The summed E-state index contributed by atoms with van der Waals surface area (Å²) in [6, 6.07) is 16.4. The largest absolute Gasteiger partial charge is 0.444 e. The lowest BCUT2D eigenvalue weighted by molar-refractivity contribution is -0.117. The van der Waals surface area contributed by atoms with Gasteiger partial charge in [-0.2, -0.15) is 0 Å². The summed E-state index contributed by atoms with van der Waals surface area (Å²) in [5, 5.41) is 8.55. The van der Waals surface area contributed by atoms with Crippen molar-refractivity contribution in [2.45, 2.75) is 39.3 Å². The number of benzene rings is 2. The maximum atomic E-state index is 12.2. The lowest BCUT2D eigenvalue weighted by atomic mass is 10.2. The first-order chi connectivity index (χ1) is 12.2. The van der Waals surface area contributed by atoms with E-state index >= 15 is 0 Å². The molecule has 2 aromatic rings. The van der Waals surface area contributed by atoms with Crippen LogP contribution in [0, 0.1) is 0 Å². The van der Waals surface area contributed by atoms with Crippen molar-refractivity contribution in [1.29, 1.82) is 0 Å². The Balaban J connectivity index is 1.87. The summed E-state index contributed by atoms with van der Waals surface area (Å²) in [4.78, 5) is 23.9. The maximum absolute atomic E-state index is 12.2. The van der Waals surface area contributed by atoms with Crippen molar-refractivity contribution in [3.63, 3.8) is 0 Å². The fourth-order valence-electron chi connectivity index (χ4n) is 2.13. The molecular formula is C20H25N3O3. The number of para-hydroxylation sites is 1. The van der Waals surface area contributed by atoms with E-state index in [4.69, 9.17) is 4.74 Å². The van der Waals surface area contributed by atoms with Gasteiger partial charge in [-0.3, -0.25) is 4.79 Å². The van der Waals surface area contributed by atoms with Crippen molar-refractivity contribution < 1.29 is 14.3 Å². The Morgan fingerprint density at radius 2 is 1.42 bits per heavy atom. The Morgan fingerprint density at radius 3 is 2.00 bits per heavy atom. The zero-order valence-corrected chi connectivity index (χ0v) is 15.5. The van der Waals surface area contributed by atoms with E-state index in [0.717, 1.165) is 11.4 Å². The van der Waals surface area contributed by atoms with Crippen molar-refractivity contribution in [3.8, 4) is 0 Å². The third-order valence-corrected chi connectivity index (χ3v) is 3.34. The quantitative estimate of drug-likeness (QED) is 0.748. The minimum absolute atomic E-state index is 0.320. The number of hydrogen-bond donors (Lipinski definition) is 3. The van der Waals surface area contributed by atoms with E-state index in [1.165, 1.54) is 0 Å². The topological polar surface area (TPSA) is 79.5 Å². The standard InChI is InChI=1S/C20H25N3O3/c1-14(21-19(25)26-20(2,3)4)18(24)23-17-12-10-16(11-13-17)22-15-8-6-5-7-9-15/h5-14,22H,1-4H3,(H,21,25)(H,23,24). The Labute approximate surface area is 153 Å². The average Bonchev–Trinajstić information content (AvgIpc) is 2.55. The highest BCUT2D eigenvalue weighted by Crippen LogP contribution is 2.18. The Hall–Kier alpha value is -3.02. The number of rotatable bonds is 5. The molecule has 138 valence electrons. The molecule has 0 aromatic heterocycles. The predicted octanol–water partition coefficient (Wildman–Crippen LogP) is 4.28. The number of carbonyl (C=O) groups is 2. The third kappa shape index (κ3) is 6.47. The molecule has 2 rings (SSSR count). The van der Waals surface area contributed by atoms with Gasteiger partial charge in [-0.1, -0.05) is 18.2 Å². The monoisotopic (exact) mass is 355 g/mol. The molecule has 0 heterocycles. The first kappa shape index (κ1) is 19.3. The van der Waals surface area contributed by atoms with E-state index in [-0.39, 0.29) is 5.91 Å². The highest BCUT2D eigenvalue weighted by Gasteiger charge is 2.21. The first-order valence-electron chi connectivity index (χ1n) is 8.45. The number of alkyl carbamates (subject to hydrolysis) is 1. The van der Waals surface area contributed by atoms with Gasteiger partial charge in [0.05, 0.1) is 0 Å². The summed E-state index contributed by atoms with van der Waals surface area (Å²) < 4.78 is 5.14. The van der Waals surface area contributed by atoms with E-state index in [2.05, 4.69) is 16.0 Å². The molecule has 1 atom stereocenters. The van der Waals surface area contributed by atoms with Crippen LogP contribution in [-0.2, 0) is 9.53 Å². The smallest absolute Gasteiger partial charge is 0.408 e. The minimum atomic E-state index is -0.716. The summed E-state index contributed by atoms with van der Waals surface area (Å²) in [7, 11) is 0. The second-order valence-corrected chi connectivity index (χ2v) is 6.93. The zero-order valence-electron chi connectivity index (χ0n) is 15.5. The molecule has 26 heavy (non-hydrogen) atoms. The summed E-state index contributed by atoms with van der Waals surface area (Å²) in [5.41, 5.74) is 1.93. The molecule has 0 spiro atoms. The minimum Gasteiger partial charge on any atom is -0.444 e. The van der Waals surface area contributed by atoms with Crippen LogP contribution in [0.4, 0.5) is 21.9 Å². The molecule has 0 radical (unpaired) electrons. The van der Waals surface area contributed by atoms with Crippen LogP contribution in [0.15, 0.2) is 54.6 Å². The van der Waals surface area contributed by atoms with Gasteiger partial charge in [0.2, 0.25) is 5.91 Å². The van der Waals surface area contributed by atoms with Gasteiger partial charge in [0, 0.05) is 17.1 Å². The van der Waals surface area contributed by atoms with Gasteiger partial charge in [0.1, 0.15) is 11.6 Å². The van der Waals surface area contributed by atoms with Crippen LogP contribution in [0.3, 0.4) is 0 Å². The van der Waals surface area contributed by atoms with Gasteiger partial charge in [0.25, 0.3) is 0 Å². The van der Waals surface area contributed by atoms with Gasteiger partial charge in [-0.25, -0.2) is 4.79 Å². The van der Waals surface area contributed by atoms with Crippen LogP contribution in [0.5, 0.6) is 0 Å². The SMILES string of the molecule is CC(NC(=O)OC(C)(C)C)C(=O)Nc1ccc(Nc2ccccc2)cc1. The fraction of sp³-hybridized carbons (Fsp3) is 0.300. The Morgan fingerprint density at radius 1 is 0.885 bits per heavy atom. The number of ether oxygens (including phenoxy) is 1. The van der Waals surface area contributed by atoms with E-state index in [1.807, 2.05) is 42.5 Å². The lowest BCUT2D eigenvalue weighted by Gasteiger charge is -2.21. The average molecular weight is 355 g/mol. The van der Waals surface area contributed by atoms with E-state index in [1.54, 1.807) is 39.8 Å². The summed E-state index contributed by atoms with van der Waals surface area (Å²) >= 11 is 0. The van der Waals surface area contributed by atoms with E-state index in [9.17, 15) is 9.59 Å². The summed E-state index contributed by atoms with van der Waals surface area (Å²) in [6.45, 7) is 6.90. The molecule has 0 saturated carbocycles. The van der Waals surface area contributed by atoms with Crippen LogP contribution in [0.2, 0.25) is 0 Å². The number of hydrogen-bond acceptors (Lipinski definition) is 4. The zero-order chi connectivity index (χ0) is 19.2. The first-order valence-corrected chi connectivity index (χ1v) is 8.45. The van der Waals surface area contributed by atoms with Crippen molar-refractivity contribution in [2.24, 2.45) is 0 Å². The van der Waals surface area contributed by atoms with Gasteiger partial charge in [-0.05, 0) is 64.1 Å². The van der Waals surface area contributed by atoms with Crippen LogP contribution < -0.4 is 16.0 Å². The maximum Gasteiger partial charge on any atom is 0.408 e. The Kier molecular flexibility index (Phi) is 6.22. The van der Waals surface area contributed by atoms with Crippen LogP contribution in [0.1, 0.15) is 27.7 Å². The second-order valence-electron chi connectivity index (χ2n) is 6.93. The molecule has 0 aliphatic carbocycles. The van der Waals surface area contributed by atoms with Crippen molar-refractivity contribution in [2.75, 3.05) is 10.6 Å². The molecule has 1 unspecified atom stereocenters. The predicted molar refractivity (Wildman–Crippen MR) is 104 cm³/mol. The molecule has 6 heteroatoms. The molecular weight excluding hydrogens is 330 g/mol.